The third-order valence-corrected chi connectivity index (χ3v) is 4.69. The zero-order valence-electron chi connectivity index (χ0n) is 14.8. The highest BCUT2D eigenvalue weighted by Gasteiger charge is 2.09. The van der Waals surface area contributed by atoms with Crippen molar-refractivity contribution in [3.8, 4) is 0 Å². The van der Waals surface area contributed by atoms with E-state index in [1.165, 1.54) is 22.9 Å². The lowest BCUT2D eigenvalue weighted by Crippen LogP contribution is -2.43. The Hall–Kier alpha value is -1.56. The summed E-state index contributed by atoms with van der Waals surface area (Å²) in [5.74, 6) is 0.886. The van der Waals surface area contributed by atoms with E-state index in [1.807, 2.05) is 6.92 Å². The summed E-state index contributed by atoms with van der Waals surface area (Å²) >= 11 is 0. The van der Waals surface area contributed by atoms with Gasteiger partial charge in [0, 0.05) is 25.9 Å². The average molecular weight is 340 g/mol. The van der Waals surface area contributed by atoms with Crippen molar-refractivity contribution in [3.63, 3.8) is 0 Å². The van der Waals surface area contributed by atoms with Crippen LogP contribution < -0.4 is 10.6 Å². The molecule has 0 saturated carbocycles. The van der Waals surface area contributed by atoms with Crippen LogP contribution in [0.4, 0.5) is 0 Å². The molecule has 0 heterocycles. The van der Waals surface area contributed by atoms with Gasteiger partial charge in [-0.05, 0) is 44.7 Å². The highest BCUT2D eigenvalue weighted by Crippen LogP contribution is 2.10. The molecule has 6 heteroatoms. The van der Waals surface area contributed by atoms with Gasteiger partial charge in [-0.1, -0.05) is 23.8 Å². The summed E-state index contributed by atoms with van der Waals surface area (Å²) in [5.41, 5.74) is 3.90. The first kappa shape index (κ1) is 19.5. The van der Waals surface area contributed by atoms with Gasteiger partial charge in [-0.25, -0.2) is 8.42 Å². The van der Waals surface area contributed by atoms with Gasteiger partial charge in [0.05, 0.1) is 5.75 Å². The van der Waals surface area contributed by atoms with Crippen molar-refractivity contribution < 1.29 is 8.42 Å². The summed E-state index contributed by atoms with van der Waals surface area (Å²) in [4.78, 5) is 4.19. The Kier molecular flexibility index (Phi) is 7.55. The fourth-order valence-corrected chi connectivity index (χ4v) is 3.11. The largest absolute Gasteiger partial charge is 0.356 e. The molecule has 0 saturated heterocycles. The lowest BCUT2D eigenvalue weighted by atomic mass is 10.0. The van der Waals surface area contributed by atoms with Crippen LogP contribution in [0.15, 0.2) is 23.2 Å². The molecule has 0 bridgehead atoms. The lowest BCUT2D eigenvalue weighted by Gasteiger charge is -2.18. The molecule has 0 radical (unpaired) electrons. The second-order valence-corrected chi connectivity index (χ2v) is 8.40. The number of aryl methyl sites for hydroxylation is 2. The van der Waals surface area contributed by atoms with Crippen LogP contribution >= 0.6 is 0 Å². The van der Waals surface area contributed by atoms with Crippen LogP contribution in [0, 0.1) is 13.8 Å². The predicted octanol–water partition coefficient (Wildman–Crippen LogP) is 1.83. The van der Waals surface area contributed by atoms with Crippen molar-refractivity contribution in [2.45, 2.75) is 39.7 Å². The molecule has 0 amide bonds. The number of hydrogen-bond acceptors (Lipinski definition) is 3. The van der Waals surface area contributed by atoms with Gasteiger partial charge in [0.15, 0.2) is 5.96 Å². The Bertz CT molecular complexity index is 639. The number of hydrogen-bond donors (Lipinski definition) is 2. The maximum absolute atomic E-state index is 11.2. The zero-order chi connectivity index (χ0) is 17.5. The van der Waals surface area contributed by atoms with Crippen LogP contribution in [0.5, 0.6) is 0 Å². The molecule has 1 unspecified atom stereocenters. The number of sulfone groups is 1. The molecule has 0 aromatic heterocycles. The number of benzene rings is 1. The van der Waals surface area contributed by atoms with Crippen LogP contribution in [0.1, 0.15) is 30.0 Å². The highest BCUT2D eigenvalue weighted by molar-refractivity contribution is 7.90. The number of nitrogens with one attached hydrogen (secondary N) is 2. The topological polar surface area (TPSA) is 70.6 Å². The normalized spacial score (nSPS) is 13.7. The van der Waals surface area contributed by atoms with Crippen LogP contribution in [-0.2, 0) is 16.3 Å². The standard InChI is InChI=1S/C17H29N3O2S/c1-13-6-7-16(14(2)12-13)8-10-19-17(18-4)20-15(3)9-11-23(5,21)22/h6-7,12,15H,8-11H2,1-5H3,(H2,18,19,20). The Labute approximate surface area is 140 Å². The zero-order valence-corrected chi connectivity index (χ0v) is 15.6. The molecule has 1 aromatic carbocycles. The molecule has 0 fully saturated rings. The Morgan fingerprint density at radius 3 is 2.57 bits per heavy atom. The number of nitrogens with zero attached hydrogens (tertiary/aromatic N) is 1. The highest BCUT2D eigenvalue weighted by atomic mass is 32.2. The average Bonchev–Trinajstić information content (AvgIpc) is 2.45. The van der Waals surface area contributed by atoms with Crippen molar-refractivity contribution in [2.75, 3.05) is 25.6 Å². The van der Waals surface area contributed by atoms with Gasteiger partial charge >= 0.3 is 0 Å². The van der Waals surface area contributed by atoms with Crippen LogP contribution in [0.2, 0.25) is 0 Å². The third-order valence-electron chi connectivity index (χ3n) is 3.71. The smallest absolute Gasteiger partial charge is 0.191 e. The quantitative estimate of drug-likeness (QED) is 0.587. The van der Waals surface area contributed by atoms with Gasteiger partial charge in [-0.3, -0.25) is 4.99 Å². The van der Waals surface area contributed by atoms with E-state index in [0.717, 1.165) is 13.0 Å². The summed E-state index contributed by atoms with van der Waals surface area (Å²) in [6.45, 7) is 6.96. The fourth-order valence-electron chi connectivity index (χ4n) is 2.33. The summed E-state index contributed by atoms with van der Waals surface area (Å²) in [6.07, 6.45) is 2.75. The number of guanidine groups is 1. The van der Waals surface area contributed by atoms with E-state index in [-0.39, 0.29) is 11.8 Å². The van der Waals surface area contributed by atoms with Crippen LogP contribution in [-0.4, -0.2) is 46.0 Å². The SMILES string of the molecule is CN=C(NCCc1ccc(C)cc1C)NC(C)CCS(C)(=O)=O. The first-order valence-corrected chi connectivity index (χ1v) is 9.98. The summed E-state index contributed by atoms with van der Waals surface area (Å²) in [5, 5.41) is 6.50. The summed E-state index contributed by atoms with van der Waals surface area (Å²) < 4.78 is 22.4. The Morgan fingerprint density at radius 2 is 2.00 bits per heavy atom. The second-order valence-electron chi connectivity index (χ2n) is 6.14. The minimum absolute atomic E-state index is 0.0528. The second kappa shape index (κ2) is 8.91. The van der Waals surface area contributed by atoms with Crippen molar-refractivity contribution in [1.82, 2.24) is 10.6 Å². The predicted molar refractivity (Wildman–Crippen MR) is 97.9 cm³/mol. The molecule has 0 aliphatic rings. The maximum Gasteiger partial charge on any atom is 0.191 e. The van der Waals surface area contributed by atoms with Gasteiger partial charge in [-0.2, -0.15) is 0 Å². The molecule has 2 N–H and O–H groups in total. The molecular weight excluding hydrogens is 310 g/mol. The molecule has 1 atom stereocenters. The van der Waals surface area contributed by atoms with Crippen molar-refractivity contribution in [2.24, 2.45) is 4.99 Å². The van der Waals surface area contributed by atoms with E-state index in [4.69, 9.17) is 0 Å². The van der Waals surface area contributed by atoms with Crippen molar-refractivity contribution >= 4 is 15.8 Å². The molecule has 0 aliphatic carbocycles. The minimum Gasteiger partial charge on any atom is -0.356 e. The maximum atomic E-state index is 11.2. The van der Waals surface area contributed by atoms with Gasteiger partial charge in [0.25, 0.3) is 0 Å². The number of aliphatic imine (C=N–C) groups is 1. The van der Waals surface area contributed by atoms with Crippen molar-refractivity contribution in [3.05, 3.63) is 34.9 Å². The molecule has 1 rings (SSSR count). The van der Waals surface area contributed by atoms with E-state index < -0.39 is 9.84 Å². The van der Waals surface area contributed by atoms with E-state index in [0.29, 0.717) is 12.4 Å². The first-order chi connectivity index (χ1) is 10.7. The van der Waals surface area contributed by atoms with Crippen LogP contribution in [0.3, 0.4) is 0 Å². The van der Waals surface area contributed by atoms with Gasteiger partial charge in [-0.15, -0.1) is 0 Å². The fraction of sp³-hybridized carbons (Fsp3) is 0.588. The molecule has 23 heavy (non-hydrogen) atoms. The molecular formula is C17H29N3O2S. The van der Waals surface area contributed by atoms with E-state index in [1.54, 1.807) is 7.05 Å². The molecule has 5 nitrogen and oxygen atoms in total. The first-order valence-electron chi connectivity index (χ1n) is 7.92. The van der Waals surface area contributed by atoms with E-state index >= 15 is 0 Å². The van der Waals surface area contributed by atoms with E-state index in [2.05, 4.69) is 47.7 Å². The van der Waals surface area contributed by atoms with Gasteiger partial charge < -0.3 is 10.6 Å². The lowest BCUT2D eigenvalue weighted by molar-refractivity contribution is 0.581. The van der Waals surface area contributed by atoms with Crippen molar-refractivity contribution in [1.29, 1.82) is 0 Å². The molecule has 0 aliphatic heterocycles. The monoisotopic (exact) mass is 339 g/mol. The molecule has 130 valence electrons. The molecule has 1 aromatic rings. The van der Waals surface area contributed by atoms with Crippen LogP contribution in [0.25, 0.3) is 0 Å². The Balaban J connectivity index is 2.42. The van der Waals surface area contributed by atoms with E-state index in [9.17, 15) is 8.42 Å². The van der Waals surface area contributed by atoms with Gasteiger partial charge in [0.2, 0.25) is 0 Å². The molecule has 0 spiro atoms. The summed E-state index contributed by atoms with van der Waals surface area (Å²) in [6, 6.07) is 6.53. The third kappa shape index (κ3) is 8.02. The number of rotatable bonds is 7. The summed E-state index contributed by atoms with van der Waals surface area (Å²) in [7, 11) is -1.21. The Morgan fingerprint density at radius 1 is 1.30 bits per heavy atom. The minimum atomic E-state index is -2.92. The van der Waals surface area contributed by atoms with Gasteiger partial charge in [0.1, 0.15) is 9.84 Å².